The lowest BCUT2D eigenvalue weighted by atomic mass is 9.91. The van der Waals surface area contributed by atoms with Gasteiger partial charge in [0.25, 0.3) is 0 Å². The summed E-state index contributed by atoms with van der Waals surface area (Å²) in [6.07, 6.45) is 7.71. The van der Waals surface area contributed by atoms with Crippen molar-refractivity contribution >= 4 is 17.6 Å². The van der Waals surface area contributed by atoms with Crippen LogP contribution in [-0.4, -0.2) is 31.5 Å². The molecule has 0 aromatic heterocycles. The van der Waals surface area contributed by atoms with Gasteiger partial charge in [-0.05, 0) is 44.2 Å². The Morgan fingerprint density at radius 1 is 1.32 bits per heavy atom. The summed E-state index contributed by atoms with van der Waals surface area (Å²) in [5, 5.41) is 9.66. The molecule has 0 radical (unpaired) electrons. The molecule has 1 aliphatic heterocycles. The number of nitrogens with one attached hydrogen (secondary N) is 3. The van der Waals surface area contributed by atoms with Crippen LogP contribution in [0.15, 0.2) is 40.9 Å². The number of amides is 1. The second-order valence-electron chi connectivity index (χ2n) is 6.69. The van der Waals surface area contributed by atoms with Crippen LogP contribution in [-0.2, 0) is 4.79 Å². The average Bonchev–Trinajstić information content (AvgIpc) is 3.12. The van der Waals surface area contributed by atoms with Crippen LogP contribution < -0.4 is 16.0 Å². The van der Waals surface area contributed by atoms with Gasteiger partial charge < -0.3 is 16.0 Å². The summed E-state index contributed by atoms with van der Waals surface area (Å²) < 4.78 is 0. The SMILES string of the molecule is CCNC(=NCC1CC(=O)Nc2ccccc21)NCCC1=CCCC1. The first kappa shape index (κ1) is 17.5. The van der Waals surface area contributed by atoms with E-state index in [2.05, 4.69) is 35.0 Å². The Balaban J connectivity index is 1.59. The maximum atomic E-state index is 11.9. The van der Waals surface area contributed by atoms with Gasteiger partial charge >= 0.3 is 0 Å². The molecule has 0 saturated carbocycles. The summed E-state index contributed by atoms with van der Waals surface area (Å²) in [7, 11) is 0. The summed E-state index contributed by atoms with van der Waals surface area (Å²) in [6, 6.07) is 8.02. The molecule has 3 N–H and O–H groups in total. The number of nitrogens with zero attached hydrogens (tertiary/aromatic N) is 1. The van der Waals surface area contributed by atoms with Crippen molar-refractivity contribution < 1.29 is 4.79 Å². The number of hydrogen-bond acceptors (Lipinski definition) is 2. The molecule has 1 unspecified atom stereocenters. The van der Waals surface area contributed by atoms with Crippen LogP contribution in [0, 0.1) is 0 Å². The third kappa shape index (κ3) is 4.84. The first-order valence-corrected chi connectivity index (χ1v) is 9.35. The summed E-state index contributed by atoms with van der Waals surface area (Å²) in [4.78, 5) is 16.7. The van der Waals surface area contributed by atoms with Crippen molar-refractivity contribution in [3.05, 3.63) is 41.5 Å². The van der Waals surface area contributed by atoms with Crippen LogP contribution in [0.2, 0.25) is 0 Å². The van der Waals surface area contributed by atoms with Gasteiger partial charge in [0.15, 0.2) is 5.96 Å². The lowest BCUT2D eigenvalue weighted by Gasteiger charge is -2.24. The summed E-state index contributed by atoms with van der Waals surface area (Å²) in [5.41, 5.74) is 3.66. The average molecular weight is 340 g/mol. The molecule has 1 aromatic carbocycles. The number of carbonyl (C=O) groups excluding carboxylic acids is 1. The Labute approximate surface area is 150 Å². The van der Waals surface area contributed by atoms with Crippen LogP contribution in [0.5, 0.6) is 0 Å². The van der Waals surface area contributed by atoms with Gasteiger partial charge in [-0.25, -0.2) is 0 Å². The topological polar surface area (TPSA) is 65.5 Å². The predicted molar refractivity (Wildman–Crippen MR) is 103 cm³/mol. The number of benzene rings is 1. The van der Waals surface area contributed by atoms with Crippen molar-refractivity contribution in [3.63, 3.8) is 0 Å². The molecule has 1 heterocycles. The minimum absolute atomic E-state index is 0.0741. The number of aliphatic imine (C=N–C) groups is 1. The minimum atomic E-state index is 0.0741. The highest BCUT2D eigenvalue weighted by atomic mass is 16.1. The van der Waals surface area contributed by atoms with Crippen molar-refractivity contribution in [1.82, 2.24) is 10.6 Å². The van der Waals surface area contributed by atoms with Gasteiger partial charge in [0.2, 0.25) is 5.91 Å². The zero-order chi connectivity index (χ0) is 17.5. The van der Waals surface area contributed by atoms with Crippen molar-refractivity contribution in [3.8, 4) is 0 Å². The van der Waals surface area contributed by atoms with Gasteiger partial charge in [-0.2, -0.15) is 0 Å². The number of fused-ring (bicyclic) bond motifs is 1. The lowest BCUT2D eigenvalue weighted by molar-refractivity contribution is -0.116. The van der Waals surface area contributed by atoms with Crippen LogP contribution in [0.4, 0.5) is 5.69 Å². The molecule has 1 atom stereocenters. The number of anilines is 1. The number of para-hydroxylation sites is 1. The fraction of sp³-hybridized carbons (Fsp3) is 0.500. The van der Waals surface area contributed by atoms with Gasteiger partial charge in [-0.1, -0.05) is 29.8 Å². The monoisotopic (exact) mass is 340 g/mol. The van der Waals surface area contributed by atoms with Gasteiger partial charge in [0.05, 0.1) is 6.54 Å². The lowest BCUT2D eigenvalue weighted by Crippen LogP contribution is -2.38. The van der Waals surface area contributed by atoms with E-state index in [1.807, 2.05) is 18.2 Å². The summed E-state index contributed by atoms with van der Waals surface area (Å²) >= 11 is 0. The molecule has 1 aliphatic carbocycles. The van der Waals surface area contributed by atoms with E-state index in [1.54, 1.807) is 5.57 Å². The van der Waals surface area contributed by atoms with E-state index in [1.165, 1.54) is 24.8 Å². The van der Waals surface area contributed by atoms with Crippen LogP contribution >= 0.6 is 0 Å². The normalized spacial score (nSPS) is 19.9. The van der Waals surface area contributed by atoms with E-state index < -0.39 is 0 Å². The smallest absolute Gasteiger partial charge is 0.225 e. The molecule has 25 heavy (non-hydrogen) atoms. The van der Waals surface area contributed by atoms with Crippen molar-refractivity contribution in [2.75, 3.05) is 25.0 Å². The first-order chi connectivity index (χ1) is 12.3. The van der Waals surface area contributed by atoms with E-state index >= 15 is 0 Å². The number of allylic oxidation sites excluding steroid dienone is 1. The first-order valence-electron chi connectivity index (χ1n) is 9.35. The second kappa shape index (κ2) is 8.70. The zero-order valence-corrected chi connectivity index (χ0v) is 15.0. The fourth-order valence-corrected chi connectivity index (χ4v) is 3.51. The summed E-state index contributed by atoms with van der Waals surface area (Å²) in [6.45, 7) is 4.41. The maximum Gasteiger partial charge on any atom is 0.225 e. The van der Waals surface area contributed by atoms with Crippen LogP contribution in [0.25, 0.3) is 0 Å². The molecule has 134 valence electrons. The van der Waals surface area contributed by atoms with Crippen molar-refractivity contribution in [2.45, 2.75) is 44.9 Å². The standard InChI is InChI=1S/C20H28N4O/c1-2-21-20(22-12-11-15-7-3-4-8-15)23-14-16-13-19(25)24-18-10-6-5-9-17(16)18/h5-7,9-10,16H,2-4,8,11-14H2,1H3,(H,24,25)(H2,21,22,23). The molecule has 5 heteroatoms. The van der Waals surface area contributed by atoms with E-state index in [0.29, 0.717) is 13.0 Å². The molecular formula is C20H28N4O. The van der Waals surface area contributed by atoms with Gasteiger partial charge in [-0.3, -0.25) is 9.79 Å². The largest absolute Gasteiger partial charge is 0.357 e. The van der Waals surface area contributed by atoms with E-state index in [0.717, 1.165) is 31.2 Å². The molecule has 0 saturated heterocycles. The molecular weight excluding hydrogens is 312 g/mol. The molecule has 0 bridgehead atoms. The summed E-state index contributed by atoms with van der Waals surface area (Å²) in [5.74, 6) is 1.05. The number of rotatable bonds is 6. The highest BCUT2D eigenvalue weighted by Crippen LogP contribution is 2.31. The Morgan fingerprint density at radius 3 is 3.00 bits per heavy atom. The minimum Gasteiger partial charge on any atom is -0.357 e. The highest BCUT2D eigenvalue weighted by Gasteiger charge is 2.24. The van der Waals surface area contributed by atoms with Crippen LogP contribution in [0.1, 0.15) is 50.5 Å². The van der Waals surface area contributed by atoms with Gasteiger partial charge in [0, 0.05) is 31.1 Å². The number of hydrogen-bond donors (Lipinski definition) is 3. The predicted octanol–water partition coefficient (Wildman–Crippen LogP) is 3.17. The van der Waals surface area contributed by atoms with Crippen molar-refractivity contribution in [1.29, 1.82) is 0 Å². The molecule has 3 rings (SSSR count). The highest BCUT2D eigenvalue weighted by molar-refractivity contribution is 5.94. The molecule has 0 fully saturated rings. The van der Waals surface area contributed by atoms with Crippen molar-refractivity contribution in [2.24, 2.45) is 4.99 Å². The number of guanidine groups is 1. The van der Waals surface area contributed by atoms with Gasteiger partial charge in [0.1, 0.15) is 0 Å². The maximum absolute atomic E-state index is 11.9. The Hall–Kier alpha value is -2.30. The Kier molecular flexibility index (Phi) is 6.09. The second-order valence-corrected chi connectivity index (χ2v) is 6.69. The van der Waals surface area contributed by atoms with Crippen LogP contribution in [0.3, 0.4) is 0 Å². The zero-order valence-electron chi connectivity index (χ0n) is 15.0. The van der Waals surface area contributed by atoms with E-state index in [4.69, 9.17) is 4.99 Å². The molecule has 2 aliphatic rings. The van der Waals surface area contributed by atoms with Gasteiger partial charge in [-0.15, -0.1) is 0 Å². The quantitative estimate of drug-likeness (QED) is 0.423. The fourth-order valence-electron chi connectivity index (χ4n) is 3.51. The number of carbonyl (C=O) groups is 1. The molecule has 1 amide bonds. The van der Waals surface area contributed by atoms with E-state index in [9.17, 15) is 4.79 Å². The third-order valence-corrected chi connectivity index (χ3v) is 4.79. The molecule has 5 nitrogen and oxygen atoms in total. The molecule has 0 spiro atoms. The van der Waals surface area contributed by atoms with E-state index in [-0.39, 0.29) is 11.8 Å². The Morgan fingerprint density at radius 2 is 2.20 bits per heavy atom. The molecule has 1 aromatic rings. The third-order valence-electron chi connectivity index (χ3n) is 4.79. The Bertz CT molecular complexity index is 665.